The highest BCUT2D eigenvalue weighted by molar-refractivity contribution is 5.73. The molecule has 0 aliphatic carbocycles. The molecular weight excluding hydrogens is 156 g/mol. The van der Waals surface area contributed by atoms with E-state index in [0.29, 0.717) is 0 Å². The SMILES string of the molecule is COC(=O)N[n+]1ccccc1C. The standard InChI is InChI=1S/C8H10N2O2/c1-7-5-3-4-6-10(7)9-8(11)12-2/h3-6H,1-2H3/p+1. The third-order valence-corrected chi connectivity index (χ3v) is 1.46. The molecule has 1 aromatic heterocycles. The topological polar surface area (TPSA) is 42.2 Å². The van der Waals surface area contributed by atoms with Crippen molar-refractivity contribution in [2.24, 2.45) is 0 Å². The van der Waals surface area contributed by atoms with Crippen molar-refractivity contribution in [1.82, 2.24) is 0 Å². The van der Waals surface area contributed by atoms with Crippen molar-refractivity contribution < 1.29 is 14.2 Å². The Morgan fingerprint density at radius 3 is 2.92 bits per heavy atom. The van der Waals surface area contributed by atoms with Crippen molar-refractivity contribution in [3.05, 3.63) is 30.1 Å². The molecule has 0 aliphatic rings. The average molecular weight is 167 g/mol. The molecule has 12 heavy (non-hydrogen) atoms. The molecule has 0 unspecified atom stereocenters. The van der Waals surface area contributed by atoms with Crippen molar-refractivity contribution in [3.8, 4) is 0 Å². The summed E-state index contributed by atoms with van der Waals surface area (Å²) in [6, 6.07) is 5.60. The molecule has 64 valence electrons. The van der Waals surface area contributed by atoms with Gasteiger partial charge >= 0.3 is 6.09 Å². The molecule has 0 radical (unpaired) electrons. The monoisotopic (exact) mass is 167 g/mol. The zero-order valence-electron chi connectivity index (χ0n) is 7.07. The Balaban J connectivity index is 2.75. The maximum atomic E-state index is 10.8. The molecule has 1 amide bonds. The van der Waals surface area contributed by atoms with E-state index in [4.69, 9.17) is 0 Å². The van der Waals surface area contributed by atoms with Gasteiger partial charge in [-0.25, -0.2) is 4.79 Å². The van der Waals surface area contributed by atoms with Crippen LogP contribution in [0.1, 0.15) is 5.69 Å². The van der Waals surface area contributed by atoms with Crippen molar-refractivity contribution >= 4 is 6.09 Å². The molecular formula is C8H11N2O2+. The number of hydrogen-bond donors (Lipinski definition) is 1. The van der Waals surface area contributed by atoms with Gasteiger partial charge < -0.3 is 4.74 Å². The van der Waals surface area contributed by atoms with Crippen LogP contribution in [-0.4, -0.2) is 13.2 Å². The summed E-state index contributed by atoms with van der Waals surface area (Å²) < 4.78 is 6.03. The molecule has 4 heteroatoms. The first kappa shape index (κ1) is 8.52. The molecule has 0 bridgehead atoms. The highest BCUT2D eigenvalue weighted by Crippen LogP contribution is 1.85. The van der Waals surface area contributed by atoms with E-state index in [9.17, 15) is 4.79 Å². The lowest BCUT2D eigenvalue weighted by Crippen LogP contribution is -2.50. The number of rotatable bonds is 1. The number of aromatic nitrogens is 1. The number of nitrogens with zero attached hydrogens (tertiary/aromatic N) is 1. The minimum atomic E-state index is -0.477. The van der Waals surface area contributed by atoms with Gasteiger partial charge in [-0.1, -0.05) is 10.1 Å². The Morgan fingerprint density at radius 1 is 1.58 bits per heavy atom. The summed E-state index contributed by atoms with van der Waals surface area (Å²) >= 11 is 0. The van der Waals surface area contributed by atoms with Crippen LogP contribution in [0.5, 0.6) is 0 Å². The van der Waals surface area contributed by atoms with Gasteiger partial charge in [0.2, 0.25) is 5.69 Å². The minimum absolute atomic E-state index is 0.477. The zero-order valence-corrected chi connectivity index (χ0v) is 7.07. The van der Waals surface area contributed by atoms with Gasteiger partial charge in [0.15, 0.2) is 6.20 Å². The fraction of sp³-hybridized carbons (Fsp3) is 0.250. The first-order chi connectivity index (χ1) is 5.74. The van der Waals surface area contributed by atoms with E-state index in [1.54, 1.807) is 10.9 Å². The van der Waals surface area contributed by atoms with Gasteiger partial charge in [0.05, 0.1) is 7.11 Å². The molecule has 1 N–H and O–H groups in total. The second kappa shape index (κ2) is 3.71. The Hall–Kier alpha value is -1.58. The Kier molecular flexibility index (Phi) is 2.63. The third-order valence-electron chi connectivity index (χ3n) is 1.46. The maximum absolute atomic E-state index is 10.8. The van der Waals surface area contributed by atoms with Gasteiger partial charge in [0.25, 0.3) is 0 Å². The quantitative estimate of drug-likeness (QED) is 0.622. The van der Waals surface area contributed by atoms with E-state index in [1.165, 1.54) is 7.11 Å². The Labute approximate surface area is 70.8 Å². The van der Waals surface area contributed by atoms with Gasteiger partial charge in [0.1, 0.15) is 0 Å². The molecule has 1 rings (SSSR count). The number of amides is 1. The van der Waals surface area contributed by atoms with Gasteiger partial charge in [-0.05, 0) is 6.07 Å². The van der Waals surface area contributed by atoms with Crippen molar-refractivity contribution in [3.63, 3.8) is 0 Å². The van der Waals surface area contributed by atoms with Crippen LogP contribution in [-0.2, 0) is 4.74 Å². The van der Waals surface area contributed by atoms with Crippen LogP contribution < -0.4 is 10.1 Å². The first-order valence-corrected chi connectivity index (χ1v) is 3.56. The number of nitrogens with one attached hydrogen (secondary N) is 1. The summed E-state index contributed by atoms with van der Waals surface area (Å²) in [5.41, 5.74) is 3.45. The number of methoxy groups -OCH3 is 1. The number of ether oxygens (including phenoxy) is 1. The van der Waals surface area contributed by atoms with E-state index in [2.05, 4.69) is 10.2 Å². The van der Waals surface area contributed by atoms with E-state index < -0.39 is 6.09 Å². The normalized spacial score (nSPS) is 9.17. The van der Waals surface area contributed by atoms with Gasteiger partial charge in [-0.15, -0.1) is 0 Å². The predicted molar refractivity (Wildman–Crippen MR) is 43.1 cm³/mol. The Bertz CT molecular complexity index is 286. The first-order valence-electron chi connectivity index (χ1n) is 3.56. The molecule has 0 saturated carbocycles. The van der Waals surface area contributed by atoms with Crippen molar-refractivity contribution in [1.29, 1.82) is 0 Å². The molecule has 0 spiro atoms. The molecule has 0 aromatic carbocycles. The lowest BCUT2D eigenvalue weighted by molar-refractivity contribution is -0.649. The molecule has 0 fully saturated rings. The van der Waals surface area contributed by atoms with Gasteiger partial charge in [-0.3, -0.25) is 0 Å². The van der Waals surface area contributed by atoms with Crippen LogP contribution in [0.3, 0.4) is 0 Å². The van der Waals surface area contributed by atoms with Crippen LogP contribution in [0.25, 0.3) is 0 Å². The molecule has 0 atom stereocenters. The van der Waals surface area contributed by atoms with Gasteiger partial charge in [-0.2, -0.15) is 0 Å². The summed E-state index contributed by atoms with van der Waals surface area (Å²) in [7, 11) is 1.33. The highest BCUT2D eigenvalue weighted by Gasteiger charge is 2.08. The molecule has 4 nitrogen and oxygen atoms in total. The summed E-state index contributed by atoms with van der Waals surface area (Å²) in [4.78, 5) is 10.8. The lowest BCUT2D eigenvalue weighted by atomic mass is 10.4. The average Bonchev–Trinajstić information content (AvgIpc) is 2.09. The predicted octanol–water partition coefficient (Wildman–Crippen LogP) is 0.592. The number of carbonyl (C=O) groups is 1. The van der Waals surface area contributed by atoms with Crippen LogP contribution in [0.2, 0.25) is 0 Å². The number of hydrogen-bond acceptors (Lipinski definition) is 2. The van der Waals surface area contributed by atoms with E-state index in [1.807, 2.05) is 25.1 Å². The fourth-order valence-electron chi connectivity index (χ4n) is 0.798. The molecule has 0 aliphatic heterocycles. The summed E-state index contributed by atoms with van der Waals surface area (Å²) in [6.07, 6.45) is 1.26. The minimum Gasteiger partial charge on any atom is -0.449 e. The second-order valence-corrected chi connectivity index (χ2v) is 2.32. The summed E-state index contributed by atoms with van der Waals surface area (Å²) in [5, 5.41) is 0. The molecule has 0 saturated heterocycles. The van der Waals surface area contributed by atoms with E-state index in [-0.39, 0.29) is 0 Å². The number of aryl methyl sites for hydroxylation is 1. The molecule has 1 heterocycles. The van der Waals surface area contributed by atoms with E-state index >= 15 is 0 Å². The summed E-state index contributed by atoms with van der Waals surface area (Å²) in [6.45, 7) is 1.88. The smallest absolute Gasteiger partial charge is 0.449 e. The van der Waals surface area contributed by atoms with Crippen molar-refractivity contribution in [2.75, 3.05) is 12.5 Å². The third kappa shape index (κ3) is 1.95. The zero-order chi connectivity index (χ0) is 8.97. The van der Waals surface area contributed by atoms with Crippen LogP contribution >= 0.6 is 0 Å². The van der Waals surface area contributed by atoms with Gasteiger partial charge in [0, 0.05) is 19.1 Å². The van der Waals surface area contributed by atoms with Crippen LogP contribution in [0, 0.1) is 6.92 Å². The fourth-order valence-corrected chi connectivity index (χ4v) is 0.798. The van der Waals surface area contributed by atoms with E-state index in [0.717, 1.165) is 5.69 Å². The van der Waals surface area contributed by atoms with Crippen LogP contribution in [0.15, 0.2) is 24.4 Å². The maximum Gasteiger partial charge on any atom is 0.460 e. The van der Waals surface area contributed by atoms with Crippen LogP contribution in [0.4, 0.5) is 4.79 Å². The largest absolute Gasteiger partial charge is 0.460 e. The number of pyridine rings is 1. The summed E-state index contributed by atoms with van der Waals surface area (Å²) in [5.74, 6) is 0. The highest BCUT2D eigenvalue weighted by atomic mass is 16.5. The molecule has 1 aromatic rings. The van der Waals surface area contributed by atoms with Crippen molar-refractivity contribution in [2.45, 2.75) is 6.92 Å². The lowest BCUT2D eigenvalue weighted by Gasteiger charge is -1.98. The number of carbonyl (C=O) groups excluding carboxylic acids is 1. The Morgan fingerprint density at radius 2 is 2.33 bits per heavy atom. The second-order valence-electron chi connectivity index (χ2n) is 2.32.